The maximum atomic E-state index is 14.8. The zero-order chi connectivity index (χ0) is 20.8. The molecule has 1 spiro atoms. The largest absolute Gasteiger partial charge is 0.490 e. The van der Waals surface area contributed by atoms with Gasteiger partial charge in [-0.05, 0) is 48.8 Å². The fraction of sp³-hybridized carbons (Fsp3) is 0.455. The van der Waals surface area contributed by atoms with Gasteiger partial charge in [-0.1, -0.05) is 12.1 Å². The second-order valence-electron chi connectivity index (χ2n) is 8.40. The Morgan fingerprint density at radius 1 is 1.21 bits per heavy atom. The number of benzene rings is 2. The van der Waals surface area contributed by atoms with Crippen molar-refractivity contribution in [2.45, 2.75) is 44.8 Å². The summed E-state index contributed by atoms with van der Waals surface area (Å²) >= 11 is 0. The zero-order valence-electron chi connectivity index (χ0n) is 16.3. The number of rotatable bonds is 2. The summed E-state index contributed by atoms with van der Waals surface area (Å²) in [6.45, 7) is 2.21. The molecule has 2 unspecified atom stereocenters. The van der Waals surface area contributed by atoms with Crippen LogP contribution in [-0.4, -0.2) is 30.4 Å². The molecule has 4 nitrogen and oxygen atoms in total. The monoisotopic (exact) mass is 406 g/mol. The van der Waals surface area contributed by atoms with Crippen LogP contribution in [0.1, 0.15) is 36.0 Å². The highest BCUT2D eigenvalue weighted by molar-refractivity contribution is 5.64. The third-order valence-electron chi connectivity index (χ3n) is 6.02. The first-order valence-corrected chi connectivity index (χ1v) is 9.84. The van der Waals surface area contributed by atoms with Gasteiger partial charge in [0.1, 0.15) is 18.2 Å². The molecule has 7 heteroatoms. The van der Waals surface area contributed by atoms with Crippen LogP contribution in [0, 0.1) is 29.8 Å². The number of aryl methyl sites for hydroxylation is 1. The van der Waals surface area contributed by atoms with Crippen LogP contribution in [0.15, 0.2) is 24.3 Å². The Labute approximate surface area is 167 Å². The van der Waals surface area contributed by atoms with Crippen molar-refractivity contribution in [3.63, 3.8) is 0 Å². The van der Waals surface area contributed by atoms with Gasteiger partial charge in [0.2, 0.25) is 0 Å². The molecule has 1 heterocycles. The van der Waals surface area contributed by atoms with Crippen LogP contribution in [0.4, 0.5) is 18.9 Å². The topological polar surface area (TPSA) is 67.5 Å². The average Bonchev–Trinajstić information content (AvgIpc) is 3.43. The van der Waals surface area contributed by atoms with Crippen molar-refractivity contribution in [3.8, 4) is 5.75 Å². The number of hydrogen-bond acceptors (Lipinski definition) is 4. The van der Waals surface area contributed by atoms with E-state index in [1.807, 2.05) is 0 Å². The second-order valence-corrected chi connectivity index (χ2v) is 8.40. The molecule has 0 saturated heterocycles. The Morgan fingerprint density at radius 3 is 2.66 bits per heavy atom. The fourth-order valence-corrected chi connectivity index (χ4v) is 3.91. The van der Waals surface area contributed by atoms with Gasteiger partial charge >= 0.3 is 0 Å². The molecule has 2 aromatic carbocycles. The van der Waals surface area contributed by atoms with Gasteiger partial charge in [0.05, 0.1) is 17.8 Å². The van der Waals surface area contributed by atoms with E-state index in [4.69, 9.17) is 10.5 Å². The Balaban J connectivity index is 1.75. The van der Waals surface area contributed by atoms with Crippen molar-refractivity contribution in [1.29, 1.82) is 0 Å². The van der Waals surface area contributed by atoms with Crippen LogP contribution < -0.4 is 15.8 Å². The Bertz CT molecular complexity index is 931. The van der Waals surface area contributed by atoms with Gasteiger partial charge in [0.25, 0.3) is 0 Å². The maximum absolute atomic E-state index is 14.8. The molecule has 0 aromatic heterocycles. The molecular weight excluding hydrogens is 381 g/mol. The van der Waals surface area contributed by atoms with E-state index in [0.29, 0.717) is 18.7 Å². The molecule has 4 rings (SSSR count). The van der Waals surface area contributed by atoms with E-state index in [1.54, 1.807) is 19.1 Å². The maximum Gasteiger partial charge on any atom is 0.164 e. The lowest BCUT2D eigenvalue weighted by atomic mass is 9.93. The number of anilines is 1. The number of halogens is 3. The molecule has 2 aliphatic rings. The van der Waals surface area contributed by atoms with Crippen LogP contribution in [-0.2, 0) is 6.42 Å². The molecule has 0 bridgehead atoms. The number of nitrogens with one attached hydrogen (secondary N) is 1. The van der Waals surface area contributed by atoms with E-state index in [-0.39, 0.29) is 35.3 Å². The molecule has 1 saturated carbocycles. The Hall–Kier alpha value is -2.25. The summed E-state index contributed by atoms with van der Waals surface area (Å²) in [6.07, 6.45) is 1.52. The lowest BCUT2D eigenvalue weighted by molar-refractivity contribution is 0.0880. The SMILES string of the molecule is Cc1ccc(Cc2c(F)c(F)cc3c2NCC2(CC2)CC(O)C(N)CO3)c(F)c1. The predicted molar refractivity (Wildman–Crippen MR) is 105 cm³/mol. The normalized spacial score (nSPS) is 23.1. The number of aliphatic hydroxyl groups is 1. The van der Waals surface area contributed by atoms with E-state index in [9.17, 15) is 18.3 Å². The number of aliphatic hydroxyl groups excluding tert-OH is 1. The Morgan fingerprint density at radius 2 is 1.97 bits per heavy atom. The van der Waals surface area contributed by atoms with Crippen LogP contribution in [0.2, 0.25) is 0 Å². The first-order valence-electron chi connectivity index (χ1n) is 9.84. The molecule has 2 atom stereocenters. The molecular formula is C22H25F3N2O2. The molecule has 2 aromatic rings. The summed E-state index contributed by atoms with van der Waals surface area (Å²) in [6, 6.07) is 5.03. The van der Waals surface area contributed by atoms with Crippen molar-refractivity contribution >= 4 is 5.69 Å². The van der Waals surface area contributed by atoms with E-state index in [0.717, 1.165) is 24.5 Å². The van der Waals surface area contributed by atoms with Gasteiger partial charge in [-0.25, -0.2) is 13.2 Å². The van der Waals surface area contributed by atoms with Crippen LogP contribution in [0.25, 0.3) is 0 Å². The number of fused-ring (bicyclic) bond motifs is 1. The first kappa shape index (κ1) is 20.0. The molecule has 1 aliphatic carbocycles. The van der Waals surface area contributed by atoms with Crippen LogP contribution >= 0.6 is 0 Å². The minimum Gasteiger partial charge on any atom is -0.490 e. The zero-order valence-corrected chi connectivity index (χ0v) is 16.3. The molecule has 0 radical (unpaired) electrons. The van der Waals surface area contributed by atoms with Crippen molar-refractivity contribution in [1.82, 2.24) is 0 Å². The molecule has 29 heavy (non-hydrogen) atoms. The number of hydrogen-bond donors (Lipinski definition) is 3. The summed E-state index contributed by atoms with van der Waals surface area (Å²) in [7, 11) is 0. The van der Waals surface area contributed by atoms with Gasteiger partial charge in [-0.2, -0.15) is 0 Å². The summed E-state index contributed by atoms with van der Waals surface area (Å²) < 4.78 is 49.2. The molecule has 1 fully saturated rings. The van der Waals surface area contributed by atoms with E-state index in [1.165, 1.54) is 6.07 Å². The van der Waals surface area contributed by atoms with Crippen LogP contribution in [0.5, 0.6) is 5.75 Å². The lowest BCUT2D eigenvalue weighted by Gasteiger charge is -2.28. The summed E-state index contributed by atoms with van der Waals surface area (Å²) in [5.74, 6) is -2.44. The van der Waals surface area contributed by atoms with Gasteiger partial charge in [-0.3, -0.25) is 0 Å². The third kappa shape index (κ3) is 4.07. The number of ether oxygens (including phenoxy) is 1. The molecule has 1 aliphatic heterocycles. The molecule has 156 valence electrons. The van der Waals surface area contributed by atoms with Gasteiger partial charge in [-0.15, -0.1) is 0 Å². The van der Waals surface area contributed by atoms with Crippen molar-refractivity contribution < 1.29 is 23.0 Å². The number of nitrogens with two attached hydrogens (primary N) is 1. The highest BCUT2D eigenvalue weighted by atomic mass is 19.2. The summed E-state index contributed by atoms with van der Waals surface area (Å²) in [5, 5.41) is 13.5. The average molecular weight is 406 g/mol. The van der Waals surface area contributed by atoms with Gasteiger partial charge in [0.15, 0.2) is 11.6 Å². The molecule has 0 amide bonds. The second kappa shape index (κ2) is 7.54. The highest BCUT2D eigenvalue weighted by Gasteiger charge is 2.45. The lowest BCUT2D eigenvalue weighted by Crippen LogP contribution is -2.42. The van der Waals surface area contributed by atoms with Crippen molar-refractivity contribution in [2.75, 3.05) is 18.5 Å². The third-order valence-corrected chi connectivity index (χ3v) is 6.02. The van der Waals surface area contributed by atoms with E-state index >= 15 is 0 Å². The highest BCUT2D eigenvalue weighted by Crippen LogP contribution is 2.50. The van der Waals surface area contributed by atoms with Gasteiger partial charge < -0.3 is 20.9 Å². The van der Waals surface area contributed by atoms with Crippen molar-refractivity contribution in [2.24, 2.45) is 11.1 Å². The summed E-state index contributed by atoms with van der Waals surface area (Å²) in [5.41, 5.74) is 7.26. The Kier molecular flexibility index (Phi) is 5.21. The predicted octanol–water partition coefficient (Wildman–Crippen LogP) is 3.67. The fourth-order valence-electron chi connectivity index (χ4n) is 3.91. The smallest absolute Gasteiger partial charge is 0.164 e. The minimum atomic E-state index is -1.07. The van der Waals surface area contributed by atoms with E-state index in [2.05, 4.69) is 5.32 Å². The van der Waals surface area contributed by atoms with Crippen LogP contribution in [0.3, 0.4) is 0 Å². The first-order chi connectivity index (χ1) is 13.8. The minimum absolute atomic E-state index is 0.0215. The summed E-state index contributed by atoms with van der Waals surface area (Å²) in [4.78, 5) is 0. The van der Waals surface area contributed by atoms with E-state index < -0.39 is 29.6 Å². The van der Waals surface area contributed by atoms with Gasteiger partial charge in [0, 0.05) is 24.6 Å². The van der Waals surface area contributed by atoms with Crippen molar-refractivity contribution in [3.05, 3.63) is 58.4 Å². The quantitative estimate of drug-likeness (QED) is 0.712. The molecule has 4 N–H and O–H groups in total. The standard InChI is InChI=1S/C22H25F3N2O2/c1-12-2-3-13(15(23)6-12)7-14-20(25)16(24)8-19-21(14)27-11-22(4-5-22)9-18(28)17(26)10-29-19/h2-3,6,8,17-18,27-28H,4-5,7,9-11,26H2,1H3.